The first-order valence-corrected chi connectivity index (χ1v) is 10.6. The summed E-state index contributed by atoms with van der Waals surface area (Å²) in [7, 11) is 0. The van der Waals surface area contributed by atoms with Crippen LogP contribution in [0.2, 0.25) is 10.0 Å². The predicted octanol–water partition coefficient (Wildman–Crippen LogP) is 7.95. The fraction of sp³-hybridized carbons (Fsp3) is 0.389. The van der Waals surface area contributed by atoms with Crippen molar-refractivity contribution in [3.8, 4) is 11.5 Å². The maximum atomic E-state index is 6.21. The molecule has 1 aromatic carbocycles. The molecule has 0 fully saturated rings. The van der Waals surface area contributed by atoms with Gasteiger partial charge < -0.3 is 14.3 Å². The van der Waals surface area contributed by atoms with E-state index in [4.69, 9.17) is 83.9 Å². The number of benzene rings is 1. The zero-order chi connectivity index (χ0) is 20.8. The highest BCUT2D eigenvalue weighted by atomic mass is 35.5. The van der Waals surface area contributed by atoms with Crippen molar-refractivity contribution in [3.63, 3.8) is 0 Å². The van der Waals surface area contributed by atoms with Gasteiger partial charge in [-0.25, -0.2) is 0 Å². The SMILES string of the molecule is ClC(Cl)=CCON=CCCCCCOc1c(Cl)cc(OCC=C(Cl)Cl)cc1Cl. The Morgan fingerprint density at radius 1 is 0.857 bits per heavy atom. The second-order valence-electron chi connectivity index (χ2n) is 5.30. The van der Waals surface area contributed by atoms with E-state index in [-0.39, 0.29) is 22.2 Å². The van der Waals surface area contributed by atoms with Gasteiger partial charge in [-0.05, 0) is 37.8 Å². The van der Waals surface area contributed by atoms with Crippen LogP contribution in [-0.2, 0) is 4.84 Å². The van der Waals surface area contributed by atoms with Crippen LogP contribution in [0.15, 0.2) is 38.4 Å². The molecular weight excluding hydrogens is 491 g/mol. The monoisotopic (exact) mass is 507 g/mol. The van der Waals surface area contributed by atoms with Crippen LogP contribution < -0.4 is 9.47 Å². The molecule has 0 saturated heterocycles. The van der Waals surface area contributed by atoms with Crippen molar-refractivity contribution in [1.29, 1.82) is 0 Å². The molecule has 0 heterocycles. The lowest BCUT2D eigenvalue weighted by molar-refractivity contribution is 0.175. The summed E-state index contributed by atoms with van der Waals surface area (Å²) in [6.45, 7) is 0.951. The Balaban J connectivity index is 2.25. The molecule has 0 aliphatic heterocycles. The van der Waals surface area contributed by atoms with E-state index in [1.165, 1.54) is 12.2 Å². The van der Waals surface area contributed by atoms with E-state index in [1.54, 1.807) is 18.3 Å². The largest absolute Gasteiger partial charge is 0.490 e. The third-order valence-corrected chi connectivity index (χ3v) is 4.32. The van der Waals surface area contributed by atoms with E-state index in [1.807, 2.05) is 0 Å². The lowest BCUT2D eigenvalue weighted by atomic mass is 10.2. The van der Waals surface area contributed by atoms with E-state index < -0.39 is 0 Å². The molecule has 0 saturated carbocycles. The smallest absolute Gasteiger partial charge is 0.156 e. The molecule has 0 spiro atoms. The van der Waals surface area contributed by atoms with Crippen molar-refractivity contribution in [2.45, 2.75) is 25.7 Å². The highest BCUT2D eigenvalue weighted by Crippen LogP contribution is 2.37. The second kappa shape index (κ2) is 15.4. The maximum Gasteiger partial charge on any atom is 0.156 e. The summed E-state index contributed by atoms with van der Waals surface area (Å²) >= 11 is 34.3. The normalized spacial score (nSPS) is 10.6. The van der Waals surface area contributed by atoms with Crippen LogP contribution in [0, 0.1) is 0 Å². The summed E-state index contributed by atoms with van der Waals surface area (Å²) in [4.78, 5) is 4.95. The Kier molecular flexibility index (Phi) is 14.0. The fourth-order valence-electron chi connectivity index (χ4n) is 1.90. The minimum Gasteiger partial charge on any atom is -0.490 e. The van der Waals surface area contributed by atoms with Gasteiger partial charge >= 0.3 is 0 Å². The lowest BCUT2D eigenvalue weighted by Crippen LogP contribution is -2.00. The summed E-state index contributed by atoms with van der Waals surface area (Å²) in [6.07, 6.45) is 8.29. The third-order valence-electron chi connectivity index (χ3n) is 3.14. The van der Waals surface area contributed by atoms with Crippen LogP contribution in [-0.4, -0.2) is 26.0 Å². The van der Waals surface area contributed by atoms with E-state index in [0.717, 1.165) is 25.7 Å². The summed E-state index contributed by atoms with van der Waals surface area (Å²) in [6, 6.07) is 3.25. The second-order valence-corrected chi connectivity index (χ2v) is 8.13. The molecule has 0 atom stereocenters. The Labute approximate surface area is 194 Å². The molecule has 0 aliphatic carbocycles. The molecule has 0 aliphatic rings. The molecule has 4 nitrogen and oxygen atoms in total. The van der Waals surface area contributed by atoms with Crippen molar-refractivity contribution >= 4 is 75.8 Å². The minimum atomic E-state index is 0.129. The van der Waals surface area contributed by atoms with Gasteiger partial charge in [-0.2, -0.15) is 0 Å². The van der Waals surface area contributed by atoms with Crippen LogP contribution in [0.4, 0.5) is 0 Å². The molecule has 0 radical (unpaired) electrons. The molecule has 0 unspecified atom stereocenters. The maximum absolute atomic E-state index is 6.21. The zero-order valence-corrected chi connectivity index (χ0v) is 19.3. The highest BCUT2D eigenvalue weighted by Gasteiger charge is 2.10. The fourth-order valence-corrected chi connectivity index (χ4v) is 2.72. The van der Waals surface area contributed by atoms with Crippen LogP contribution in [0.5, 0.6) is 11.5 Å². The molecule has 10 heteroatoms. The topological polar surface area (TPSA) is 40.0 Å². The molecular formula is C18H19Cl6NO3. The van der Waals surface area contributed by atoms with Gasteiger partial charge in [-0.1, -0.05) is 74.8 Å². The van der Waals surface area contributed by atoms with Gasteiger partial charge in [0.25, 0.3) is 0 Å². The number of halogens is 6. The third kappa shape index (κ3) is 12.2. The van der Waals surface area contributed by atoms with E-state index >= 15 is 0 Å². The van der Waals surface area contributed by atoms with Gasteiger partial charge in [0.05, 0.1) is 16.7 Å². The van der Waals surface area contributed by atoms with Gasteiger partial charge in [-0.3, -0.25) is 0 Å². The summed E-state index contributed by atoms with van der Waals surface area (Å²) < 4.78 is 11.4. The molecule has 0 aromatic heterocycles. The Morgan fingerprint density at radius 3 is 2.14 bits per heavy atom. The summed E-state index contributed by atoms with van der Waals surface area (Å²) in [5, 5.41) is 4.54. The van der Waals surface area contributed by atoms with E-state index in [0.29, 0.717) is 28.2 Å². The molecule has 0 bridgehead atoms. The van der Waals surface area contributed by atoms with Crippen LogP contribution in [0.1, 0.15) is 25.7 Å². The molecule has 0 amide bonds. The van der Waals surface area contributed by atoms with Gasteiger partial charge in [0.15, 0.2) is 5.75 Å². The van der Waals surface area contributed by atoms with Crippen LogP contribution >= 0.6 is 69.6 Å². The lowest BCUT2D eigenvalue weighted by Gasteiger charge is -2.12. The molecule has 28 heavy (non-hydrogen) atoms. The van der Waals surface area contributed by atoms with Crippen molar-refractivity contribution in [2.75, 3.05) is 19.8 Å². The number of rotatable bonds is 13. The number of hydrogen-bond donors (Lipinski definition) is 0. The Hall–Kier alpha value is -0.490. The Bertz CT molecular complexity index is 663. The van der Waals surface area contributed by atoms with E-state index in [9.17, 15) is 0 Å². The number of unbranched alkanes of at least 4 members (excludes halogenated alkanes) is 3. The predicted molar refractivity (Wildman–Crippen MR) is 120 cm³/mol. The van der Waals surface area contributed by atoms with Crippen molar-refractivity contribution < 1.29 is 14.3 Å². The highest BCUT2D eigenvalue weighted by molar-refractivity contribution is 6.56. The van der Waals surface area contributed by atoms with Gasteiger partial charge in [0.1, 0.15) is 27.9 Å². The van der Waals surface area contributed by atoms with Gasteiger partial charge in [0, 0.05) is 18.3 Å². The molecule has 0 N–H and O–H groups in total. The number of oxime groups is 1. The standard InChI is InChI=1S/C18H19Cl6NO3/c19-14-11-13(26-9-5-16(21)22)12-15(20)18(14)27-8-4-2-1-3-7-25-28-10-6-17(23)24/h5-7,11-12H,1-4,8-10H2. The van der Waals surface area contributed by atoms with Crippen molar-refractivity contribution in [3.05, 3.63) is 43.3 Å². The van der Waals surface area contributed by atoms with Crippen LogP contribution in [0.25, 0.3) is 0 Å². The van der Waals surface area contributed by atoms with Crippen LogP contribution in [0.3, 0.4) is 0 Å². The quantitative estimate of drug-likeness (QED) is 0.154. The van der Waals surface area contributed by atoms with Crippen molar-refractivity contribution in [1.82, 2.24) is 0 Å². The molecule has 1 rings (SSSR count). The first kappa shape index (κ1) is 25.5. The number of nitrogens with zero attached hydrogens (tertiary/aromatic N) is 1. The minimum absolute atomic E-state index is 0.129. The number of ether oxygens (including phenoxy) is 2. The zero-order valence-electron chi connectivity index (χ0n) is 14.8. The first-order valence-electron chi connectivity index (χ1n) is 8.31. The molecule has 156 valence electrons. The first-order chi connectivity index (χ1) is 13.4. The van der Waals surface area contributed by atoms with Gasteiger partial charge in [0.2, 0.25) is 0 Å². The van der Waals surface area contributed by atoms with Gasteiger partial charge in [-0.15, -0.1) is 0 Å². The van der Waals surface area contributed by atoms with Crippen molar-refractivity contribution in [2.24, 2.45) is 5.16 Å². The summed E-state index contributed by atoms with van der Waals surface area (Å²) in [5.41, 5.74) is 0. The average Bonchev–Trinajstić information content (AvgIpc) is 2.61. The molecule has 1 aromatic rings. The van der Waals surface area contributed by atoms with E-state index in [2.05, 4.69) is 5.16 Å². The Morgan fingerprint density at radius 2 is 1.50 bits per heavy atom. The number of hydrogen-bond acceptors (Lipinski definition) is 4. The summed E-state index contributed by atoms with van der Waals surface area (Å²) in [5.74, 6) is 0.932. The average molecular weight is 510 g/mol.